The Morgan fingerprint density at radius 1 is 1.42 bits per heavy atom. The van der Waals surface area contributed by atoms with Crippen molar-refractivity contribution < 1.29 is 5.11 Å². The molecule has 1 rings (SSSR count). The van der Waals surface area contributed by atoms with Crippen LogP contribution in [0, 0.1) is 0 Å². The molecule has 0 unspecified atom stereocenters. The normalized spacial score (nSPS) is 10.4. The van der Waals surface area contributed by atoms with Crippen molar-refractivity contribution in [2.24, 2.45) is 0 Å². The van der Waals surface area contributed by atoms with Gasteiger partial charge in [0, 0.05) is 0 Å². The van der Waals surface area contributed by atoms with Crippen molar-refractivity contribution in [2.45, 2.75) is 0 Å². The van der Waals surface area contributed by atoms with E-state index < -0.39 is 0 Å². The van der Waals surface area contributed by atoms with Gasteiger partial charge in [0.25, 0.3) is 0 Å². The smallest absolute Gasteiger partial charge is 0.134 e. The largest absolute Gasteiger partial charge is 0.506 e. The molecule has 0 radical (unpaired) electrons. The summed E-state index contributed by atoms with van der Waals surface area (Å²) >= 11 is 5.68. The molecule has 0 atom stereocenters. The molecule has 0 amide bonds. The third-order valence-corrected chi connectivity index (χ3v) is 1.70. The van der Waals surface area contributed by atoms with Crippen molar-refractivity contribution in [1.29, 1.82) is 0 Å². The molecule has 1 N–H and O–H groups in total. The minimum absolute atomic E-state index is 0.104. The lowest BCUT2D eigenvalue weighted by Gasteiger charge is -1.96. The Bertz CT molecular complexity index is 316. The van der Waals surface area contributed by atoms with Crippen molar-refractivity contribution in [2.75, 3.05) is 0 Å². The van der Waals surface area contributed by atoms with Crippen LogP contribution < -0.4 is 0 Å². The molecule has 0 saturated carbocycles. The highest BCUT2D eigenvalue weighted by molar-refractivity contribution is 6.32. The molecule has 0 aliphatic rings. The van der Waals surface area contributed by atoms with E-state index in [-0.39, 0.29) is 5.75 Å². The zero-order valence-electron chi connectivity index (χ0n) is 6.50. The van der Waals surface area contributed by atoms with Gasteiger partial charge in [-0.1, -0.05) is 42.5 Å². The van der Waals surface area contributed by atoms with Crippen LogP contribution in [0.4, 0.5) is 0 Å². The molecule has 0 aliphatic heterocycles. The van der Waals surface area contributed by atoms with Crippen molar-refractivity contribution in [3.8, 4) is 5.75 Å². The van der Waals surface area contributed by atoms with Gasteiger partial charge in [0.1, 0.15) is 5.75 Å². The second-order valence-corrected chi connectivity index (χ2v) is 2.71. The monoisotopic (exact) mass is 180 g/mol. The van der Waals surface area contributed by atoms with E-state index in [4.69, 9.17) is 16.7 Å². The maximum Gasteiger partial charge on any atom is 0.134 e. The van der Waals surface area contributed by atoms with Gasteiger partial charge in [0.2, 0.25) is 0 Å². The Kier molecular flexibility index (Phi) is 2.94. The Morgan fingerprint density at radius 3 is 2.75 bits per heavy atom. The third kappa shape index (κ3) is 2.14. The lowest BCUT2D eigenvalue weighted by atomic mass is 10.2. The number of halogens is 1. The summed E-state index contributed by atoms with van der Waals surface area (Å²) in [5.41, 5.74) is 0.942. The number of phenolic OH excluding ortho intramolecular Hbond substituents is 1. The zero-order chi connectivity index (χ0) is 8.97. The van der Waals surface area contributed by atoms with Crippen LogP contribution in [-0.4, -0.2) is 5.11 Å². The Labute approximate surface area is 76.6 Å². The van der Waals surface area contributed by atoms with Crippen LogP contribution in [0.15, 0.2) is 36.9 Å². The summed E-state index contributed by atoms with van der Waals surface area (Å²) in [5, 5.41) is 9.46. The van der Waals surface area contributed by atoms with Crippen LogP contribution in [-0.2, 0) is 0 Å². The van der Waals surface area contributed by atoms with Crippen molar-refractivity contribution in [3.63, 3.8) is 0 Å². The average Bonchev–Trinajstić information content (AvgIpc) is 2.07. The van der Waals surface area contributed by atoms with E-state index in [0.29, 0.717) is 5.02 Å². The zero-order valence-corrected chi connectivity index (χ0v) is 7.25. The topological polar surface area (TPSA) is 20.2 Å². The molecule has 1 aromatic carbocycles. The van der Waals surface area contributed by atoms with E-state index in [0.717, 1.165) is 5.56 Å². The van der Waals surface area contributed by atoms with Gasteiger partial charge in [-0.2, -0.15) is 0 Å². The molecule has 0 aromatic heterocycles. The fourth-order valence-corrected chi connectivity index (χ4v) is 0.995. The summed E-state index contributed by atoms with van der Waals surface area (Å²) in [7, 11) is 0. The Hall–Kier alpha value is -1.21. The van der Waals surface area contributed by atoms with Crippen LogP contribution in [0.5, 0.6) is 5.75 Å². The summed E-state index contributed by atoms with van der Waals surface area (Å²) in [4.78, 5) is 0. The molecule has 0 spiro atoms. The summed E-state index contributed by atoms with van der Waals surface area (Å²) < 4.78 is 0. The van der Waals surface area contributed by atoms with Gasteiger partial charge in [-0.25, -0.2) is 0 Å². The molecule has 0 heterocycles. The van der Waals surface area contributed by atoms with Crippen LogP contribution in [0.3, 0.4) is 0 Å². The second kappa shape index (κ2) is 3.98. The molecule has 0 bridgehead atoms. The molecule has 0 aliphatic carbocycles. The van der Waals surface area contributed by atoms with Gasteiger partial charge in [0.15, 0.2) is 0 Å². The summed E-state index contributed by atoms with van der Waals surface area (Å²) in [6.07, 6.45) is 5.35. The minimum Gasteiger partial charge on any atom is -0.506 e. The number of allylic oxidation sites excluding steroid dienone is 2. The molecule has 12 heavy (non-hydrogen) atoms. The fourth-order valence-electron chi connectivity index (χ4n) is 0.806. The van der Waals surface area contributed by atoms with E-state index in [1.165, 1.54) is 0 Å². The number of rotatable bonds is 2. The number of hydrogen-bond donors (Lipinski definition) is 1. The average molecular weight is 181 g/mol. The van der Waals surface area contributed by atoms with Gasteiger partial charge >= 0.3 is 0 Å². The first-order chi connectivity index (χ1) is 5.74. The third-order valence-electron chi connectivity index (χ3n) is 1.40. The minimum atomic E-state index is 0.104. The number of benzene rings is 1. The fraction of sp³-hybridized carbons (Fsp3) is 0. The molecule has 0 saturated heterocycles. The maximum absolute atomic E-state index is 9.09. The highest BCUT2D eigenvalue weighted by Crippen LogP contribution is 2.23. The maximum atomic E-state index is 9.09. The van der Waals surface area contributed by atoms with Crippen molar-refractivity contribution in [1.82, 2.24) is 0 Å². The summed E-state index contributed by atoms with van der Waals surface area (Å²) in [6, 6.07) is 5.03. The number of hydrogen-bond acceptors (Lipinski definition) is 1. The van der Waals surface area contributed by atoms with Gasteiger partial charge in [-0.15, -0.1) is 0 Å². The van der Waals surface area contributed by atoms with Gasteiger partial charge < -0.3 is 5.11 Å². The predicted molar refractivity (Wildman–Crippen MR) is 52.3 cm³/mol. The highest BCUT2D eigenvalue weighted by atomic mass is 35.5. The summed E-state index contributed by atoms with van der Waals surface area (Å²) in [5.74, 6) is 0.104. The van der Waals surface area contributed by atoms with E-state index in [1.54, 1.807) is 24.3 Å². The lowest BCUT2D eigenvalue weighted by Crippen LogP contribution is -1.72. The molecule has 62 valence electrons. The van der Waals surface area contributed by atoms with Crippen LogP contribution >= 0.6 is 11.6 Å². The number of phenols is 1. The van der Waals surface area contributed by atoms with Gasteiger partial charge in [-0.3, -0.25) is 0 Å². The Morgan fingerprint density at radius 2 is 2.17 bits per heavy atom. The van der Waals surface area contributed by atoms with E-state index in [2.05, 4.69) is 6.58 Å². The molecule has 0 fully saturated rings. The van der Waals surface area contributed by atoms with Gasteiger partial charge in [0.05, 0.1) is 5.02 Å². The van der Waals surface area contributed by atoms with E-state index in [9.17, 15) is 0 Å². The van der Waals surface area contributed by atoms with E-state index in [1.807, 2.05) is 12.2 Å². The molecule has 1 nitrogen and oxygen atoms in total. The summed E-state index contributed by atoms with van der Waals surface area (Å²) in [6.45, 7) is 3.55. The lowest BCUT2D eigenvalue weighted by molar-refractivity contribution is 0.475. The first-order valence-electron chi connectivity index (χ1n) is 3.51. The SMILES string of the molecule is C=C/C=C/c1ccc(O)c(Cl)c1. The molecule has 2 heteroatoms. The Balaban J connectivity index is 2.96. The first-order valence-corrected chi connectivity index (χ1v) is 3.89. The van der Waals surface area contributed by atoms with Crippen LogP contribution in [0.25, 0.3) is 6.08 Å². The molecular formula is C10H9ClO. The quantitative estimate of drug-likeness (QED) is 0.693. The molecular weight excluding hydrogens is 172 g/mol. The standard InChI is InChI=1S/C10H9ClO/c1-2-3-4-8-5-6-10(12)9(11)7-8/h2-7,12H,1H2/b4-3+. The highest BCUT2D eigenvalue weighted by Gasteiger charge is 1.95. The van der Waals surface area contributed by atoms with Crippen LogP contribution in [0.1, 0.15) is 5.56 Å². The number of aromatic hydroxyl groups is 1. The second-order valence-electron chi connectivity index (χ2n) is 2.31. The van der Waals surface area contributed by atoms with Crippen LogP contribution in [0.2, 0.25) is 5.02 Å². The first kappa shape index (κ1) is 8.88. The predicted octanol–water partition coefficient (Wildman–Crippen LogP) is 3.24. The molecule has 1 aromatic rings. The van der Waals surface area contributed by atoms with Gasteiger partial charge in [-0.05, 0) is 17.7 Å². The van der Waals surface area contributed by atoms with Crippen molar-refractivity contribution in [3.05, 3.63) is 47.5 Å². The van der Waals surface area contributed by atoms with Crippen molar-refractivity contribution >= 4 is 17.7 Å². The van der Waals surface area contributed by atoms with E-state index >= 15 is 0 Å².